The van der Waals surface area contributed by atoms with Crippen molar-refractivity contribution in [3.8, 4) is 0 Å². The van der Waals surface area contributed by atoms with E-state index in [2.05, 4.69) is 23.5 Å². The van der Waals surface area contributed by atoms with Crippen LogP contribution in [0.2, 0.25) is 0 Å². The summed E-state index contributed by atoms with van der Waals surface area (Å²) in [5.74, 6) is -0.0991. The number of ether oxygens (including phenoxy) is 1. The Morgan fingerprint density at radius 3 is 2.72 bits per heavy atom. The van der Waals surface area contributed by atoms with E-state index in [0.717, 1.165) is 5.56 Å². The Bertz CT molecular complexity index is 546. The zero-order chi connectivity index (χ0) is 13.0. The van der Waals surface area contributed by atoms with Gasteiger partial charge in [-0.1, -0.05) is 42.5 Å². The number of nitrogens with one attached hydrogen (secondary N) is 1. The van der Waals surface area contributed by atoms with Gasteiger partial charge in [-0.25, -0.2) is 0 Å². The molecule has 3 heteroatoms. The first-order chi connectivity index (χ1) is 8.72. The lowest BCUT2D eigenvalue weighted by molar-refractivity contribution is -0.125. The normalized spacial score (nSPS) is 12.3. The Kier molecular flexibility index (Phi) is 3.95. The SMILES string of the molecule is COCC(=O)NC(C)c1cccc2ccccc12. The lowest BCUT2D eigenvalue weighted by atomic mass is 10.00. The molecule has 2 rings (SSSR count). The Morgan fingerprint density at radius 2 is 1.94 bits per heavy atom. The number of benzene rings is 2. The molecule has 1 atom stereocenters. The minimum absolute atomic E-state index is 0.0289. The Hall–Kier alpha value is -1.87. The number of amides is 1. The molecule has 1 amide bonds. The van der Waals surface area contributed by atoms with Crippen molar-refractivity contribution in [2.75, 3.05) is 13.7 Å². The van der Waals surface area contributed by atoms with Crippen molar-refractivity contribution < 1.29 is 9.53 Å². The molecule has 0 aliphatic rings. The van der Waals surface area contributed by atoms with Gasteiger partial charge in [-0.05, 0) is 23.3 Å². The van der Waals surface area contributed by atoms with Gasteiger partial charge in [0, 0.05) is 7.11 Å². The van der Waals surface area contributed by atoms with Crippen molar-refractivity contribution in [2.24, 2.45) is 0 Å². The zero-order valence-electron chi connectivity index (χ0n) is 10.6. The molecule has 1 unspecified atom stereocenters. The second kappa shape index (κ2) is 5.65. The summed E-state index contributed by atoms with van der Waals surface area (Å²) in [5.41, 5.74) is 1.12. The van der Waals surface area contributed by atoms with E-state index in [1.165, 1.54) is 17.9 Å². The average Bonchev–Trinajstić information content (AvgIpc) is 2.38. The predicted molar refractivity (Wildman–Crippen MR) is 72.4 cm³/mol. The highest BCUT2D eigenvalue weighted by Crippen LogP contribution is 2.23. The molecule has 0 heterocycles. The van der Waals surface area contributed by atoms with E-state index in [4.69, 9.17) is 4.74 Å². The summed E-state index contributed by atoms with van der Waals surface area (Å²) >= 11 is 0. The van der Waals surface area contributed by atoms with Crippen molar-refractivity contribution >= 4 is 16.7 Å². The highest BCUT2D eigenvalue weighted by atomic mass is 16.5. The molecule has 18 heavy (non-hydrogen) atoms. The van der Waals surface area contributed by atoms with E-state index in [1.54, 1.807) is 0 Å². The zero-order valence-corrected chi connectivity index (χ0v) is 10.6. The first-order valence-corrected chi connectivity index (χ1v) is 5.98. The van der Waals surface area contributed by atoms with Crippen molar-refractivity contribution in [2.45, 2.75) is 13.0 Å². The highest BCUT2D eigenvalue weighted by molar-refractivity contribution is 5.87. The molecule has 0 aliphatic heterocycles. The number of rotatable bonds is 4. The monoisotopic (exact) mass is 243 g/mol. The topological polar surface area (TPSA) is 38.3 Å². The van der Waals surface area contributed by atoms with Crippen LogP contribution in [0.4, 0.5) is 0 Å². The smallest absolute Gasteiger partial charge is 0.246 e. The summed E-state index contributed by atoms with van der Waals surface area (Å²) in [5, 5.41) is 5.28. The van der Waals surface area contributed by atoms with Crippen molar-refractivity contribution in [1.82, 2.24) is 5.32 Å². The predicted octanol–water partition coefficient (Wildman–Crippen LogP) is 2.66. The van der Waals surface area contributed by atoms with Gasteiger partial charge < -0.3 is 10.1 Å². The van der Waals surface area contributed by atoms with Crippen LogP contribution >= 0.6 is 0 Å². The Labute approximate surface area is 107 Å². The molecule has 2 aromatic rings. The van der Waals surface area contributed by atoms with Crippen molar-refractivity contribution in [3.63, 3.8) is 0 Å². The fraction of sp³-hybridized carbons (Fsp3) is 0.267. The minimum atomic E-state index is -0.0991. The van der Waals surface area contributed by atoms with E-state index in [1.807, 2.05) is 31.2 Å². The van der Waals surface area contributed by atoms with Crippen LogP contribution in [0.3, 0.4) is 0 Å². The van der Waals surface area contributed by atoms with Crippen LogP contribution in [0.1, 0.15) is 18.5 Å². The Morgan fingerprint density at radius 1 is 1.22 bits per heavy atom. The van der Waals surface area contributed by atoms with E-state index in [-0.39, 0.29) is 18.6 Å². The summed E-state index contributed by atoms with van der Waals surface area (Å²) in [6, 6.07) is 14.3. The molecule has 0 radical (unpaired) electrons. The molecule has 0 spiro atoms. The molecule has 2 aromatic carbocycles. The van der Waals surface area contributed by atoms with Gasteiger partial charge in [0.1, 0.15) is 6.61 Å². The molecular weight excluding hydrogens is 226 g/mol. The molecular formula is C15H17NO2. The van der Waals surface area contributed by atoms with Gasteiger partial charge in [-0.15, -0.1) is 0 Å². The lowest BCUT2D eigenvalue weighted by Crippen LogP contribution is -2.29. The van der Waals surface area contributed by atoms with Crippen LogP contribution < -0.4 is 5.32 Å². The van der Waals surface area contributed by atoms with Crippen LogP contribution in [0, 0.1) is 0 Å². The standard InChI is InChI=1S/C15H17NO2/c1-11(16-15(17)10-18-2)13-9-5-7-12-6-3-4-8-14(12)13/h3-9,11H,10H2,1-2H3,(H,16,17). The summed E-state index contributed by atoms with van der Waals surface area (Å²) in [6.45, 7) is 2.07. The molecule has 0 aromatic heterocycles. The highest BCUT2D eigenvalue weighted by Gasteiger charge is 2.11. The fourth-order valence-electron chi connectivity index (χ4n) is 2.12. The van der Waals surface area contributed by atoms with Gasteiger partial charge >= 0.3 is 0 Å². The number of carbonyl (C=O) groups is 1. The van der Waals surface area contributed by atoms with Crippen LogP contribution in [0.25, 0.3) is 10.8 Å². The molecule has 0 saturated heterocycles. The summed E-state index contributed by atoms with van der Waals surface area (Å²) in [4.78, 5) is 11.5. The molecule has 0 bridgehead atoms. The largest absolute Gasteiger partial charge is 0.375 e. The van der Waals surface area contributed by atoms with Gasteiger partial charge in [0.15, 0.2) is 0 Å². The molecule has 0 aliphatic carbocycles. The number of hydrogen-bond donors (Lipinski definition) is 1. The second-order valence-corrected chi connectivity index (χ2v) is 4.29. The molecule has 0 saturated carbocycles. The van der Waals surface area contributed by atoms with Gasteiger partial charge in [-0.2, -0.15) is 0 Å². The van der Waals surface area contributed by atoms with Gasteiger partial charge in [0.25, 0.3) is 0 Å². The lowest BCUT2D eigenvalue weighted by Gasteiger charge is -2.16. The summed E-state index contributed by atoms with van der Waals surface area (Å²) < 4.78 is 4.82. The number of fused-ring (bicyclic) bond motifs is 1. The van der Waals surface area contributed by atoms with Crippen LogP contribution in [0.15, 0.2) is 42.5 Å². The number of carbonyl (C=O) groups excluding carboxylic acids is 1. The van der Waals surface area contributed by atoms with Gasteiger partial charge in [0.2, 0.25) is 5.91 Å². The third-order valence-corrected chi connectivity index (χ3v) is 2.94. The van der Waals surface area contributed by atoms with E-state index in [9.17, 15) is 4.79 Å². The average molecular weight is 243 g/mol. The third kappa shape index (κ3) is 2.68. The van der Waals surface area contributed by atoms with E-state index in [0.29, 0.717) is 0 Å². The second-order valence-electron chi connectivity index (χ2n) is 4.29. The number of hydrogen-bond acceptors (Lipinski definition) is 2. The molecule has 1 N–H and O–H groups in total. The molecule has 0 fully saturated rings. The fourth-order valence-corrected chi connectivity index (χ4v) is 2.12. The maximum absolute atomic E-state index is 11.5. The molecule has 3 nitrogen and oxygen atoms in total. The quantitative estimate of drug-likeness (QED) is 0.896. The molecule has 94 valence electrons. The van der Waals surface area contributed by atoms with E-state index >= 15 is 0 Å². The first kappa shape index (κ1) is 12.6. The summed E-state index contributed by atoms with van der Waals surface area (Å²) in [6.07, 6.45) is 0. The van der Waals surface area contributed by atoms with Crippen LogP contribution in [-0.2, 0) is 9.53 Å². The Balaban J connectivity index is 2.27. The van der Waals surface area contributed by atoms with E-state index < -0.39 is 0 Å². The number of methoxy groups -OCH3 is 1. The van der Waals surface area contributed by atoms with Crippen molar-refractivity contribution in [3.05, 3.63) is 48.0 Å². The van der Waals surface area contributed by atoms with Gasteiger partial charge in [0.05, 0.1) is 6.04 Å². The van der Waals surface area contributed by atoms with Crippen LogP contribution in [0.5, 0.6) is 0 Å². The van der Waals surface area contributed by atoms with Gasteiger partial charge in [-0.3, -0.25) is 4.79 Å². The minimum Gasteiger partial charge on any atom is -0.375 e. The maximum atomic E-state index is 11.5. The third-order valence-electron chi connectivity index (χ3n) is 2.94. The summed E-state index contributed by atoms with van der Waals surface area (Å²) in [7, 11) is 1.52. The first-order valence-electron chi connectivity index (χ1n) is 5.98. The van der Waals surface area contributed by atoms with Crippen LogP contribution in [-0.4, -0.2) is 19.6 Å². The van der Waals surface area contributed by atoms with Crippen molar-refractivity contribution in [1.29, 1.82) is 0 Å². The maximum Gasteiger partial charge on any atom is 0.246 e.